The predicted octanol–water partition coefficient (Wildman–Crippen LogP) is 2.56. The molecule has 0 spiro atoms. The maximum atomic E-state index is 12.2. The maximum Gasteiger partial charge on any atom is 0.410 e. The summed E-state index contributed by atoms with van der Waals surface area (Å²) in [6, 6.07) is 0.397. The molecule has 2 atom stereocenters. The third-order valence-corrected chi connectivity index (χ3v) is 5.06. The van der Waals surface area contributed by atoms with Crippen molar-refractivity contribution in [2.24, 2.45) is 11.8 Å². The highest BCUT2D eigenvalue weighted by Gasteiger charge is 2.34. The summed E-state index contributed by atoms with van der Waals surface area (Å²) in [5.74, 6) is 1.34. The number of hydrogen-bond donors (Lipinski definition) is 1. The number of carbonyl (C=O) groups excluding carboxylic acids is 1. The van der Waals surface area contributed by atoms with Crippen LogP contribution in [0.25, 0.3) is 0 Å². The number of amides is 1. The third-order valence-electron chi connectivity index (χ3n) is 5.06. The van der Waals surface area contributed by atoms with E-state index in [1.807, 2.05) is 25.7 Å². The second kappa shape index (κ2) is 7.84. The lowest BCUT2D eigenvalue weighted by Gasteiger charge is -2.29. The van der Waals surface area contributed by atoms with Gasteiger partial charge in [-0.3, -0.25) is 0 Å². The predicted molar refractivity (Wildman–Crippen MR) is 93.6 cm³/mol. The molecular weight excluding hydrogens is 290 g/mol. The number of carbonyl (C=O) groups is 1. The van der Waals surface area contributed by atoms with Gasteiger partial charge in [0.1, 0.15) is 5.60 Å². The van der Waals surface area contributed by atoms with E-state index in [2.05, 4.69) is 24.2 Å². The Morgan fingerprint density at radius 2 is 1.87 bits per heavy atom. The summed E-state index contributed by atoms with van der Waals surface area (Å²) in [5, 5.41) is 3.67. The maximum absolute atomic E-state index is 12.2. The van der Waals surface area contributed by atoms with E-state index in [0.717, 1.165) is 25.6 Å². The lowest BCUT2D eigenvalue weighted by molar-refractivity contribution is 0.0286. The van der Waals surface area contributed by atoms with Crippen LogP contribution in [0.5, 0.6) is 0 Å². The molecule has 0 aromatic heterocycles. The van der Waals surface area contributed by atoms with Crippen molar-refractivity contribution >= 4 is 6.09 Å². The first-order valence-corrected chi connectivity index (χ1v) is 9.14. The van der Waals surface area contributed by atoms with Gasteiger partial charge in [-0.05, 0) is 78.6 Å². The highest BCUT2D eigenvalue weighted by atomic mass is 16.6. The van der Waals surface area contributed by atoms with Crippen molar-refractivity contribution in [1.82, 2.24) is 15.1 Å². The Balaban J connectivity index is 1.69. The van der Waals surface area contributed by atoms with Crippen LogP contribution in [0.15, 0.2) is 0 Å². The summed E-state index contributed by atoms with van der Waals surface area (Å²) in [7, 11) is 2.21. The van der Waals surface area contributed by atoms with Gasteiger partial charge in [-0.25, -0.2) is 4.79 Å². The van der Waals surface area contributed by atoms with Crippen molar-refractivity contribution in [1.29, 1.82) is 0 Å². The van der Waals surface area contributed by atoms with Crippen LogP contribution >= 0.6 is 0 Å². The molecule has 1 amide bonds. The van der Waals surface area contributed by atoms with E-state index in [-0.39, 0.29) is 6.09 Å². The van der Waals surface area contributed by atoms with Crippen molar-refractivity contribution in [2.75, 3.05) is 39.8 Å². The van der Waals surface area contributed by atoms with Gasteiger partial charge in [0.15, 0.2) is 0 Å². The summed E-state index contributed by atoms with van der Waals surface area (Å²) < 4.78 is 5.48. The van der Waals surface area contributed by atoms with Crippen LogP contribution in [0.3, 0.4) is 0 Å². The van der Waals surface area contributed by atoms with Crippen molar-refractivity contribution in [3.05, 3.63) is 0 Å². The zero-order chi connectivity index (χ0) is 17.0. The monoisotopic (exact) mass is 325 g/mol. The molecule has 2 fully saturated rings. The normalized spacial score (nSPS) is 27.4. The van der Waals surface area contributed by atoms with E-state index < -0.39 is 5.60 Å². The summed E-state index contributed by atoms with van der Waals surface area (Å²) >= 11 is 0. The van der Waals surface area contributed by atoms with Crippen molar-refractivity contribution in [2.45, 2.75) is 58.6 Å². The van der Waals surface area contributed by atoms with Gasteiger partial charge in [-0.2, -0.15) is 0 Å². The number of likely N-dealkylation sites (tertiary alicyclic amines) is 2. The molecule has 0 aromatic carbocycles. The van der Waals surface area contributed by atoms with Gasteiger partial charge in [-0.15, -0.1) is 0 Å². The number of piperidine rings is 1. The first-order chi connectivity index (χ1) is 10.7. The zero-order valence-electron chi connectivity index (χ0n) is 15.6. The smallest absolute Gasteiger partial charge is 0.410 e. The van der Waals surface area contributed by atoms with Crippen LogP contribution in [0.2, 0.25) is 0 Å². The second-order valence-electron chi connectivity index (χ2n) is 8.46. The molecule has 5 nitrogen and oxygen atoms in total. The van der Waals surface area contributed by atoms with Gasteiger partial charge in [-0.1, -0.05) is 6.92 Å². The molecular formula is C18H35N3O2. The molecule has 23 heavy (non-hydrogen) atoms. The number of hydrogen-bond acceptors (Lipinski definition) is 4. The lowest BCUT2D eigenvalue weighted by Crippen LogP contribution is -2.39. The summed E-state index contributed by atoms with van der Waals surface area (Å²) in [5.41, 5.74) is -0.417. The van der Waals surface area contributed by atoms with Crippen LogP contribution in [0.4, 0.5) is 4.79 Å². The summed E-state index contributed by atoms with van der Waals surface area (Å²) in [6.45, 7) is 13.1. The van der Waals surface area contributed by atoms with Crippen LogP contribution in [0, 0.1) is 11.8 Å². The molecule has 134 valence electrons. The van der Waals surface area contributed by atoms with E-state index in [1.54, 1.807) is 0 Å². The van der Waals surface area contributed by atoms with E-state index in [9.17, 15) is 4.79 Å². The molecule has 0 aliphatic carbocycles. The molecule has 1 N–H and O–H groups in total. The highest BCUT2D eigenvalue weighted by molar-refractivity contribution is 5.68. The van der Waals surface area contributed by atoms with Gasteiger partial charge in [0, 0.05) is 19.1 Å². The van der Waals surface area contributed by atoms with Gasteiger partial charge < -0.3 is 19.9 Å². The number of nitrogens with one attached hydrogen (secondary N) is 1. The molecule has 0 aromatic rings. The number of rotatable bonds is 4. The minimum atomic E-state index is -0.417. The zero-order valence-corrected chi connectivity index (χ0v) is 15.6. The second-order valence-corrected chi connectivity index (χ2v) is 8.46. The fraction of sp³-hybridized carbons (Fsp3) is 0.944. The average molecular weight is 325 g/mol. The van der Waals surface area contributed by atoms with Gasteiger partial charge in [0.2, 0.25) is 0 Å². The van der Waals surface area contributed by atoms with Crippen molar-refractivity contribution in [3.8, 4) is 0 Å². The van der Waals surface area contributed by atoms with E-state index in [4.69, 9.17) is 4.74 Å². The van der Waals surface area contributed by atoms with E-state index >= 15 is 0 Å². The first kappa shape index (κ1) is 18.5. The SMILES string of the molecule is CC1CN(C(=O)OC(C)(C)C)CC1NCCC1CCN(C)CC1. The molecule has 2 heterocycles. The average Bonchev–Trinajstić information content (AvgIpc) is 2.81. The molecule has 0 radical (unpaired) electrons. The molecule has 0 bridgehead atoms. The lowest BCUT2D eigenvalue weighted by atomic mass is 9.93. The molecule has 5 heteroatoms. The third kappa shape index (κ3) is 5.96. The molecule has 2 unspecified atom stereocenters. The summed E-state index contributed by atoms with van der Waals surface area (Å²) in [4.78, 5) is 16.4. The Labute approximate surface area is 141 Å². The number of ether oxygens (including phenoxy) is 1. The fourth-order valence-electron chi connectivity index (χ4n) is 3.53. The minimum Gasteiger partial charge on any atom is -0.444 e. The summed E-state index contributed by atoms with van der Waals surface area (Å²) in [6.07, 6.45) is 3.72. The van der Waals surface area contributed by atoms with Crippen LogP contribution in [0.1, 0.15) is 47.0 Å². The Bertz CT molecular complexity index is 386. The molecule has 2 saturated heterocycles. The first-order valence-electron chi connectivity index (χ1n) is 9.14. The van der Waals surface area contributed by atoms with E-state index in [1.165, 1.54) is 32.4 Å². The largest absolute Gasteiger partial charge is 0.444 e. The number of nitrogens with zero attached hydrogens (tertiary/aromatic N) is 2. The fourth-order valence-corrected chi connectivity index (χ4v) is 3.53. The molecule has 2 aliphatic rings. The Kier molecular flexibility index (Phi) is 6.32. The Morgan fingerprint density at radius 3 is 2.48 bits per heavy atom. The molecule has 0 saturated carbocycles. The standard InChI is InChI=1S/C18H35N3O2/c1-14-12-21(17(22)23-18(2,3)4)13-16(14)19-9-6-15-7-10-20(5)11-8-15/h14-16,19H,6-13H2,1-5H3. The highest BCUT2D eigenvalue weighted by Crippen LogP contribution is 2.21. The van der Waals surface area contributed by atoms with Crippen molar-refractivity contribution in [3.63, 3.8) is 0 Å². The topological polar surface area (TPSA) is 44.8 Å². The van der Waals surface area contributed by atoms with Crippen LogP contribution < -0.4 is 5.32 Å². The van der Waals surface area contributed by atoms with E-state index in [0.29, 0.717) is 12.0 Å². The Hall–Kier alpha value is -0.810. The Morgan fingerprint density at radius 1 is 1.22 bits per heavy atom. The van der Waals surface area contributed by atoms with Gasteiger partial charge in [0.05, 0.1) is 0 Å². The quantitative estimate of drug-likeness (QED) is 0.863. The van der Waals surface area contributed by atoms with Crippen LogP contribution in [-0.4, -0.2) is 67.3 Å². The van der Waals surface area contributed by atoms with Gasteiger partial charge >= 0.3 is 6.09 Å². The van der Waals surface area contributed by atoms with Crippen molar-refractivity contribution < 1.29 is 9.53 Å². The molecule has 2 rings (SSSR count). The van der Waals surface area contributed by atoms with Crippen LogP contribution in [-0.2, 0) is 4.74 Å². The minimum absolute atomic E-state index is 0.177. The van der Waals surface area contributed by atoms with Gasteiger partial charge in [0.25, 0.3) is 0 Å². The molecule has 2 aliphatic heterocycles.